The lowest BCUT2D eigenvalue weighted by molar-refractivity contribution is -0.125. The molecule has 0 bridgehead atoms. The van der Waals surface area contributed by atoms with E-state index in [1.807, 2.05) is 17.2 Å². The number of carbonyl (C=O) groups is 1. The van der Waals surface area contributed by atoms with Crippen molar-refractivity contribution < 1.29 is 9.90 Å². The summed E-state index contributed by atoms with van der Waals surface area (Å²) in [7, 11) is 0. The largest absolute Gasteiger partial charge is 0.390 e. The molecule has 1 saturated heterocycles. The monoisotopic (exact) mass is 252 g/mol. The first-order valence-electron chi connectivity index (χ1n) is 6.35. The average molecular weight is 252 g/mol. The van der Waals surface area contributed by atoms with Crippen LogP contribution in [-0.2, 0) is 11.3 Å². The molecule has 100 valence electrons. The summed E-state index contributed by atoms with van der Waals surface area (Å²) < 4.78 is 1.69. The number of likely N-dealkylation sites (tertiary alicyclic amines) is 1. The van der Waals surface area contributed by atoms with E-state index in [-0.39, 0.29) is 11.9 Å². The van der Waals surface area contributed by atoms with E-state index in [9.17, 15) is 9.90 Å². The van der Waals surface area contributed by atoms with Crippen LogP contribution in [0.25, 0.3) is 0 Å². The van der Waals surface area contributed by atoms with Crippen LogP contribution in [0.2, 0.25) is 0 Å². The number of rotatable bonds is 5. The number of nitrogens with zero attached hydrogens (tertiary/aromatic N) is 3. The summed E-state index contributed by atoms with van der Waals surface area (Å²) in [5.41, 5.74) is 5.39. The molecule has 2 rings (SSSR count). The van der Waals surface area contributed by atoms with Crippen LogP contribution < -0.4 is 5.73 Å². The van der Waals surface area contributed by atoms with Gasteiger partial charge in [0.15, 0.2) is 0 Å². The number of piperidine rings is 1. The lowest BCUT2D eigenvalue weighted by atomic mass is 10.0. The third-order valence-electron chi connectivity index (χ3n) is 3.34. The van der Waals surface area contributed by atoms with Crippen molar-refractivity contribution in [1.29, 1.82) is 0 Å². The minimum absolute atomic E-state index is 0.231. The summed E-state index contributed by atoms with van der Waals surface area (Å²) in [5.74, 6) is -0.291. The van der Waals surface area contributed by atoms with E-state index < -0.39 is 6.10 Å². The first-order valence-corrected chi connectivity index (χ1v) is 6.35. The number of hydrogen-bond acceptors (Lipinski definition) is 4. The van der Waals surface area contributed by atoms with Crippen LogP contribution >= 0.6 is 0 Å². The lowest BCUT2D eigenvalue weighted by Gasteiger charge is -2.34. The number of aromatic nitrogens is 2. The van der Waals surface area contributed by atoms with Crippen molar-refractivity contribution in [3.63, 3.8) is 0 Å². The molecule has 2 heterocycles. The summed E-state index contributed by atoms with van der Waals surface area (Å²) >= 11 is 0. The molecule has 0 saturated carbocycles. The molecule has 0 radical (unpaired) electrons. The van der Waals surface area contributed by atoms with Gasteiger partial charge in [-0.3, -0.25) is 14.4 Å². The zero-order chi connectivity index (χ0) is 13.0. The van der Waals surface area contributed by atoms with E-state index in [1.165, 1.54) is 0 Å². The van der Waals surface area contributed by atoms with Gasteiger partial charge in [-0.2, -0.15) is 5.10 Å². The molecule has 1 amide bonds. The normalized spacial score (nSPS) is 22.8. The second-order valence-corrected chi connectivity index (χ2v) is 4.79. The van der Waals surface area contributed by atoms with Crippen molar-refractivity contribution in [2.24, 2.45) is 5.73 Å². The van der Waals surface area contributed by atoms with Crippen LogP contribution in [0.5, 0.6) is 0 Å². The van der Waals surface area contributed by atoms with Gasteiger partial charge < -0.3 is 10.8 Å². The second kappa shape index (κ2) is 5.97. The SMILES string of the molecule is NC(=O)[C@@H]1CCCCN1C[C@H](O)Cn1cccn1. The van der Waals surface area contributed by atoms with Crippen molar-refractivity contribution in [3.8, 4) is 0 Å². The van der Waals surface area contributed by atoms with E-state index in [1.54, 1.807) is 10.9 Å². The number of hydrogen-bond donors (Lipinski definition) is 2. The van der Waals surface area contributed by atoms with Crippen molar-refractivity contribution in [2.75, 3.05) is 13.1 Å². The molecule has 0 aliphatic carbocycles. The van der Waals surface area contributed by atoms with E-state index in [0.717, 1.165) is 25.8 Å². The zero-order valence-corrected chi connectivity index (χ0v) is 10.4. The maximum Gasteiger partial charge on any atom is 0.234 e. The minimum Gasteiger partial charge on any atom is -0.390 e. The third kappa shape index (κ3) is 3.30. The van der Waals surface area contributed by atoms with Crippen LogP contribution in [0.1, 0.15) is 19.3 Å². The van der Waals surface area contributed by atoms with Gasteiger partial charge in [0, 0.05) is 18.9 Å². The van der Waals surface area contributed by atoms with Crippen molar-refractivity contribution in [1.82, 2.24) is 14.7 Å². The maximum atomic E-state index is 11.3. The molecule has 0 unspecified atom stereocenters. The number of β-amino-alcohol motifs (C(OH)–C–C–N with tert-alkyl or cyclic N) is 1. The summed E-state index contributed by atoms with van der Waals surface area (Å²) in [5, 5.41) is 14.1. The number of primary amides is 1. The molecular formula is C12H20N4O2. The van der Waals surface area contributed by atoms with E-state index in [4.69, 9.17) is 5.73 Å². The highest BCUT2D eigenvalue weighted by atomic mass is 16.3. The molecule has 0 spiro atoms. The van der Waals surface area contributed by atoms with Gasteiger partial charge in [-0.05, 0) is 25.5 Å². The molecule has 6 nitrogen and oxygen atoms in total. The van der Waals surface area contributed by atoms with Gasteiger partial charge in [-0.15, -0.1) is 0 Å². The van der Waals surface area contributed by atoms with E-state index >= 15 is 0 Å². The van der Waals surface area contributed by atoms with Crippen LogP contribution in [0.15, 0.2) is 18.5 Å². The molecule has 3 N–H and O–H groups in total. The van der Waals surface area contributed by atoms with Gasteiger partial charge in [0.2, 0.25) is 5.91 Å². The summed E-state index contributed by atoms with van der Waals surface area (Å²) in [6.45, 7) is 1.73. The molecule has 18 heavy (non-hydrogen) atoms. The zero-order valence-electron chi connectivity index (χ0n) is 10.4. The summed E-state index contributed by atoms with van der Waals surface area (Å²) in [6.07, 6.45) is 5.83. The quantitative estimate of drug-likeness (QED) is 0.745. The molecule has 2 atom stereocenters. The molecule has 1 aromatic rings. The Balaban J connectivity index is 1.88. The van der Waals surface area contributed by atoms with Gasteiger partial charge in [0.1, 0.15) is 0 Å². The Bertz CT molecular complexity index is 379. The Morgan fingerprint density at radius 3 is 3.00 bits per heavy atom. The standard InChI is InChI=1S/C12H20N4O2/c13-12(18)11-4-1-2-6-15(11)8-10(17)9-16-7-3-5-14-16/h3,5,7,10-11,17H,1-2,4,6,8-9H2,(H2,13,18)/t10-,11-/m0/s1. The fourth-order valence-electron chi connectivity index (χ4n) is 2.48. The third-order valence-corrected chi connectivity index (χ3v) is 3.34. The van der Waals surface area contributed by atoms with Gasteiger partial charge >= 0.3 is 0 Å². The van der Waals surface area contributed by atoms with Crippen molar-refractivity contribution in [2.45, 2.75) is 38.0 Å². The average Bonchev–Trinajstić information content (AvgIpc) is 2.82. The van der Waals surface area contributed by atoms with E-state index in [0.29, 0.717) is 13.1 Å². The molecule has 6 heteroatoms. The summed E-state index contributed by atoms with van der Waals surface area (Å²) in [6, 6.07) is 1.59. The number of carbonyl (C=O) groups excluding carboxylic acids is 1. The predicted octanol–water partition coefficient (Wildman–Crippen LogP) is -0.416. The van der Waals surface area contributed by atoms with Crippen molar-refractivity contribution >= 4 is 5.91 Å². The van der Waals surface area contributed by atoms with Gasteiger partial charge in [-0.1, -0.05) is 6.42 Å². The first kappa shape index (κ1) is 13.0. The first-order chi connectivity index (χ1) is 8.66. The Hall–Kier alpha value is -1.40. The number of nitrogens with two attached hydrogens (primary N) is 1. The fraction of sp³-hybridized carbons (Fsp3) is 0.667. The lowest BCUT2D eigenvalue weighted by Crippen LogP contribution is -2.50. The van der Waals surface area contributed by atoms with Gasteiger partial charge in [0.05, 0.1) is 18.7 Å². The molecule has 0 aromatic carbocycles. The van der Waals surface area contributed by atoms with Crippen LogP contribution in [0.3, 0.4) is 0 Å². The molecular weight excluding hydrogens is 232 g/mol. The summed E-state index contributed by atoms with van der Waals surface area (Å²) in [4.78, 5) is 13.3. The molecule has 1 aliphatic rings. The highest BCUT2D eigenvalue weighted by molar-refractivity contribution is 5.79. The second-order valence-electron chi connectivity index (χ2n) is 4.79. The molecule has 1 aromatic heterocycles. The Labute approximate surface area is 106 Å². The maximum absolute atomic E-state index is 11.3. The fourth-order valence-corrected chi connectivity index (χ4v) is 2.48. The topological polar surface area (TPSA) is 84.4 Å². The highest BCUT2D eigenvalue weighted by Crippen LogP contribution is 2.17. The smallest absolute Gasteiger partial charge is 0.234 e. The number of aliphatic hydroxyl groups excluding tert-OH is 1. The molecule has 1 aliphatic heterocycles. The van der Waals surface area contributed by atoms with Crippen LogP contribution in [0.4, 0.5) is 0 Å². The Kier molecular flexibility index (Phi) is 4.33. The van der Waals surface area contributed by atoms with Crippen LogP contribution in [-0.4, -0.2) is 50.9 Å². The van der Waals surface area contributed by atoms with Gasteiger partial charge in [-0.25, -0.2) is 0 Å². The predicted molar refractivity (Wildman–Crippen MR) is 66.6 cm³/mol. The minimum atomic E-state index is -0.537. The van der Waals surface area contributed by atoms with E-state index in [2.05, 4.69) is 5.10 Å². The van der Waals surface area contributed by atoms with Gasteiger partial charge in [0.25, 0.3) is 0 Å². The number of amides is 1. The Morgan fingerprint density at radius 1 is 1.50 bits per heavy atom. The highest BCUT2D eigenvalue weighted by Gasteiger charge is 2.28. The Morgan fingerprint density at radius 2 is 2.33 bits per heavy atom. The number of aliphatic hydroxyl groups is 1. The van der Waals surface area contributed by atoms with Crippen LogP contribution in [0, 0.1) is 0 Å². The van der Waals surface area contributed by atoms with Crippen molar-refractivity contribution in [3.05, 3.63) is 18.5 Å². The molecule has 1 fully saturated rings.